The van der Waals surface area contributed by atoms with Crippen molar-refractivity contribution >= 4 is 5.78 Å². The molecule has 3 atom stereocenters. The Morgan fingerprint density at radius 2 is 2.04 bits per heavy atom. The summed E-state index contributed by atoms with van der Waals surface area (Å²) in [7, 11) is 0. The predicted octanol–water partition coefficient (Wildman–Crippen LogP) is 2.88. The van der Waals surface area contributed by atoms with Gasteiger partial charge in [-0.15, -0.1) is 0 Å². The molecule has 4 N–H and O–H groups in total. The van der Waals surface area contributed by atoms with E-state index in [1.807, 2.05) is 32.1 Å². The summed E-state index contributed by atoms with van der Waals surface area (Å²) in [5.41, 5.74) is 2.12. The highest BCUT2D eigenvalue weighted by Gasteiger charge is 2.41. The van der Waals surface area contributed by atoms with Crippen LogP contribution in [0.4, 0.5) is 0 Å². The topological polar surface area (TPSA) is 98.0 Å². The maximum Gasteiger partial charge on any atom is 0.162 e. The van der Waals surface area contributed by atoms with E-state index in [0.717, 1.165) is 16.7 Å². The van der Waals surface area contributed by atoms with Crippen LogP contribution >= 0.6 is 0 Å². The molecule has 0 bridgehead atoms. The van der Waals surface area contributed by atoms with Crippen LogP contribution in [0, 0.1) is 5.92 Å². The maximum atomic E-state index is 12.2. The summed E-state index contributed by atoms with van der Waals surface area (Å²) in [6.07, 6.45) is 6.81. The molecule has 0 radical (unpaired) electrons. The standard InChI is InChI=1S/C21H30O5/c1-13(12-22)5-4-6-14(2)15-9-10-21(3,26)17(15)11-16-18(23)7-8-19(24)20(16)25/h5-6,9,17,19,22,24-26H,4,7-8,10-12H2,1-3H3. The Balaban J connectivity index is 2.24. The number of carbonyl (C=O) groups is 1. The minimum atomic E-state index is -1.00. The highest BCUT2D eigenvalue weighted by atomic mass is 16.3. The second kappa shape index (κ2) is 8.33. The van der Waals surface area contributed by atoms with E-state index in [1.54, 1.807) is 6.92 Å². The van der Waals surface area contributed by atoms with Crippen molar-refractivity contribution in [3.05, 3.63) is 46.3 Å². The van der Waals surface area contributed by atoms with E-state index in [1.165, 1.54) is 0 Å². The third-order valence-corrected chi connectivity index (χ3v) is 5.47. The molecule has 2 aliphatic rings. The number of carbonyl (C=O) groups excluding carboxylic acids is 1. The van der Waals surface area contributed by atoms with Gasteiger partial charge in [-0.1, -0.05) is 29.4 Å². The van der Waals surface area contributed by atoms with Gasteiger partial charge in [-0.25, -0.2) is 0 Å². The quantitative estimate of drug-likeness (QED) is 0.545. The van der Waals surface area contributed by atoms with Crippen molar-refractivity contribution in [2.75, 3.05) is 6.61 Å². The van der Waals surface area contributed by atoms with Crippen LogP contribution < -0.4 is 0 Å². The van der Waals surface area contributed by atoms with Gasteiger partial charge in [-0.05, 0) is 52.0 Å². The van der Waals surface area contributed by atoms with E-state index < -0.39 is 11.7 Å². The summed E-state index contributed by atoms with van der Waals surface area (Å²) in [5.74, 6) is -0.711. The molecular formula is C21H30O5. The van der Waals surface area contributed by atoms with Crippen LogP contribution in [0.3, 0.4) is 0 Å². The zero-order valence-corrected chi connectivity index (χ0v) is 15.8. The molecule has 0 aromatic heterocycles. The smallest absolute Gasteiger partial charge is 0.162 e. The van der Waals surface area contributed by atoms with Gasteiger partial charge in [0, 0.05) is 17.9 Å². The number of allylic oxidation sites excluding steroid dienone is 4. The highest BCUT2D eigenvalue weighted by Crippen LogP contribution is 2.43. The predicted molar refractivity (Wildman–Crippen MR) is 101 cm³/mol. The zero-order valence-electron chi connectivity index (χ0n) is 15.8. The van der Waals surface area contributed by atoms with E-state index in [9.17, 15) is 20.1 Å². The number of ketones is 1. The Morgan fingerprint density at radius 3 is 2.69 bits per heavy atom. The summed E-state index contributed by atoms with van der Waals surface area (Å²) in [4.78, 5) is 12.2. The maximum absolute atomic E-state index is 12.2. The van der Waals surface area contributed by atoms with Crippen molar-refractivity contribution in [1.29, 1.82) is 0 Å². The lowest BCUT2D eigenvalue weighted by Crippen LogP contribution is -2.34. The molecule has 3 unspecified atom stereocenters. The summed E-state index contributed by atoms with van der Waals surface area (Å²) >= 11 is 0. The number of aliphatic hydroxyl groups is 4. The summed E-state index contributed by atoms with van der Waals surface area (Å²) in [6.45, 7) is 5.60. The third kappa shape index (κ3) is 4.53. The van der Waals surface area contributed by atoms with Gasteiger partial charge in [0.1, 0.15) is 11.9 Å². The van der Waals surface area contributed by atoms with Crippen molar-refractivity contribution in [1.82, 2.24) is 0 Å². The van der Waals surface area contributed by atoms with E-state index in [0.29, 0.717) is 12.8 Å². The van der Waals surface area contributed by atoms with Gasteiger partial charge in [-0.2, -0.15) is 0 Å². The minimum absolute atomic E-state index is 0.0325. The minimum Gasteiger partial charge on any atom is -0.509 e. The molecule has 144 valence electrons. The zero-order chi connectivity index (χ0) is 19.5. The molecule has 0 saturated carbocycles. The van der Waals surface area contributed by atoms with Gasteiger partial charge in [-0.3, -0.25) is 4.79 Å². The highest BCUT2D eigenvalue weighted by molar-refractivity contribution is 5.97. The van der Waals surface area contributed by atoms with Crippen LogP contribution in [0.2, 0.25) is 0 Å². The fraction of sp³-hybridized carbons (Fsp3) is 0.571. The molecule has 0 amide bonds. The van der Waals surface area contributed by atoms with Gasteiger partial charge in [0.25, 0.3) is 0 Å². The number of hydrogen-bond donors (Lipinski definition) is 4. The number of Topliss-reactive ketones (excluding diaryl/α,β-unsaturated/α-hetero) is 1. The number of rotatable bonds is 6. The lowest BCUT2D eigenvalue weighted by molar-refractivity contribution is -0.117. The average molecular weight is 362 g/mol. The van der Waals surface area contributed by atoms with Crippen LogP contribution in [0.15, 0.2) is 46.3 Å². The van der Waals surface area contributed by atoms with E-state index in [-0.39, 0.29) is 48.9 Å². The molecule has 5 nitrogen and oxygen atoms in total. The van der Waals surface area contributed by atoms with Crippen LogP contribution in [0.5, 0.6) is 0 Å². The molecule has 0 spiro atoms. The molecule has 5 heteroatoms. The van der Waals surface area contributed by atoms with Crippen LogP contribution in [-0.4, -0.2) is 44.5 Å². The van der Waals surface area contributed by atoms with Crippen LogP contribution in [-0.2, 0) is 4.79 Å². The molecule has 26 heavy (non-hydrogen) atoms. The Bertz CT molecular complexity index is 679. The van der Waals surface area contributed by atoms with E-state index in [2.05, 4.69) is 0 Å². The Kier molecular flexibility index (Phi) is 6.61. The molecule has 0 aromatic rings. The first kappa shape index (κ1) is 20.6. The number of hydrogen-bond acceptors (Lipinski definition) is 5. The molecule has 0 aliphatic heterocycles. The Hall–Kier alpha value is -1.69. The first-order valence-electron chi connectivity index (χ1n) is 9.16. The molecule has 0 heterocycles. The monoisotopic (exact) mass is 362 g/mol. The molecule has 0 saturated heterocycles. The molecule has 2 rings (SSSR count). The van der Waals surface area contributed by atoms with Gasteiger partial charge >= 0.3 is 0 Å². The fourth-order valence-corrected chi connectivity index (χ4v) is 3.64. The molecular weight excluding hydrogens is 332 g/mol. The lowest BCUT2D eigenvalue weighted by Gasteiger charge is -2.31. The summed E-state index contributed by atoms with van der Waals surface area (Å²) in [6, 6.07) is 0. The third-order valence-electron chi connectivity index (χ3n) is 5.47. The van der Waals surface area contributed by atoms with Crippen molar-refractivity contribution in [3.63, 3.8) is 0 Å². The van der Waals surface area contributed by atoms with Crippen LogP contribution in [0.1, 0.15) is 52.9 Å². The fourth-order valence-electron chi connectivity index (χ4n) is 3.64. The molecule has 0 aromatic carbocycles. The second-order valence-corrected chi connectivity index (χ2v) is 7.65. The Morgan fingerprint density at radius 1 is 1.35 bits per heavy atom. The largest absolute Gasteiger partial charge is 0.509 e. The van der Waals surface area contributed by atoms with Crippen molar-refractivity contribution in [2.45, 2.75) is 64.6 Å². The van der Waals surface area contributed by atoms with E-state index in [4.69, 9.17) is 5.11 Å². The van der Waals surface area contributed by atoms with Crippen molar-refractivity contribution in [3.8, 4) is 0 Å². The first-order chi connectivity index (χ1) is 12.2. The van der Waals surface area contributed by atoms with Gasteiger partial charge in [0.2, 0.25) is 0 Å². The van der Waals surface area contributed by atoms with Crippen molar-refractivity contribution < 1.29 is 25.2 Å². The first-order valence-corrected chi connectivity index (χ1v) is 9.16. The summed E-state index contributed by atoms with van der Waals surface area (Å²) in [5, 5.41) is 39.9. The average Bonchev–Trinajstić information content (AvgIpc) is 2.89. The van der Waals surface area contributed by atoms with Gasteiger partial charge in [0.15, 0.2) is 5.78 Å². The second-order valence-electron chi connectivity index (χ2n) is 7.65. The van der Waals surface area contributed by atoms with Crippen molar-refractivity contribution in [2.24, 2.45) is 5.92 Å². The molecule has 2 aliphatic carbocycles. The summed E-state index contributed by atoms with van der Waals surface area (Å²) < 4.78 is 0. The SMILES string of the molecule is CC(=CCC=C(C)C1=CCC(C)(O)C1CC1=C(O)C(O)CCC1=O)CO. The van der Waals surface area contributed by atoms with Crippen LogP contribution in [0.25, 0.3) is 0 Å². The van der Waals surface area contributed by atoms with E-state index >= 15 is 0 Å². The van der Waals surface area contributed by atoms with Gasteiger partial charge < -0.3 is 20.4 Å². The molecule has 0 fully saturated rings. The number of aliphatic hydroxyl groups excluding tert-OH is 3. The lowest BCUT2D eigenvalue weighted by atomic mass is 9.78. The normalized spacial score (nSPS) is 30.8. The Labute approximate surface area is 155 Å². The van der Waals surface area contributed by atoms with Gasteiger partial charge in [0.05, 0.1) is 12.2 Å².